The van der Waals surface area contributed by atoms with Crippen LogP contribution in [0.2, 0.25) is 0 Å². The molecule has 0 aromatic carbocycles. The van der Waals surface area contributed by atoms with Gasteiger partial charge in [-0.1, -0.05) is 39.0 Å². The lowest BCUT2D eigenvalue weighted by Crippen LogP contribution is -2.16. The van der Waals surface area contributed by atoms with E-state index in [1.54, 1.807) is 0 Å². The van der Waals surface area contributed by atoms with Crippen molar-refractivity contribution in [2.45, 2.75) is 71.6 Å². The van der Waals surface area contributed by atoms with E-state index >= 15 is 0 Å². The van der Waals surface area contributed by atoms with Gasteiger partial charge in [0.2, 0.25) is 0 Å². The fourth-order valence-corrected chi connectivity index (χ4v) is 1.72. The van der Waals surface area contributed by atoms with E-state index < -0.39 is 0 Å². The molecule has 1 N–H and O–H groups in total. The Hall–Kier alpha value is -0.480. The van der Waals surface area contributed by atoms with Crippen molar-refractivity contribution in [1.82, 2.24) is 5.32 Å². The molecule has 0 radical (unpaired) electrons. The van der Waals surface area contributed by atoms with Crippen LogP contribution in [0.25, 0.3) is 0 Å². The monoisotopic (exact) mass is 223 g/mol. The highest BCUT2D eigenvalue weighted by atomic mass is 14.8. The van der Waals surface area contributed by atoms with E-state index in [4.69, 9.17) is 0 Å². The maximum absolute atomic E-state index is 3.49. The van der Waals surface area contributed by atoms with E-state index in [1.165, 1.54) is 64.5 Å². The molecule has 0 spiro atoms. The fraction of sp³-hybridized carbons (Fsp3) is 0.867. The van der Waals surface area contributed by atoms with Gasteiger partial charge in [0, 0.05) is 6.42 Å². The topological polar surface area (TPSA) is 12.0 Å². The highest BCUT2D eigenvalue weighted by Gasteiger charge is 1.91. The van der Waals surface area contributed by atoms with Crippen LogP contribution in [0.4, 0.5) is 0 Å². The maximum atomic E-state index is 3.49. The number of nitrogens with one attached hydrogen (secondary N) is 1. The molecule has 94 valence electrons. The molecule has 0 saturated carbocycles. The Morgan fingerprint density at radius 1 is 0.812 bits per heavy atom. The number of rotatable bonds is 11. The first kappa shape index (κ1) is 15.5. The van der Waals surface area contributed by atoms with Crippen LogP contribution >= 0.6 is 0 Å². The van der Waals surface area contributed by atoms with Crippen LogP contribution in [0.1, 0.15) is 71.6 Å². The first-order valence-corrected chi connectivity index (χ1v) is 7.02. The van der Waals surface area contributed by atoms with E-state index in [-0.39, 0.29) is 0 Å². The standard InChI is InChI=1S/C15H29N/c1-3-5-7-8-9-10-11-12-13-15-16-14-6-4-2/h16H,4,6-15H2,1-2H3. The number of unbranched alkanes of at least 4 members (excludes halogenated alkanes) is 7. The smallest absolute Gasteiger partial charge is 0.00885 e. The van der Waals surface area contributed by atoms with Gasteiger partial charge >= 0.3 is 0 Å². The summed E-state index contributed by atoms with van der Waals surface area (Å²) in [6.45, 7) is 6.57. The molecule has 0 aliphatic rings. The summed E-state index contributed by atoms with van der Waals surface area (Å²) in [5, 5.41) is 3.49. The van der Waals surface area contributed by atoms with Crippen molar-refractivity contribution in [1.29, 1.82) is 0 Å². The third-order valence-corrected chi connectivity index (χ3v) is 2.79. The molecule has 1 heteroatoms. The molecule has 0 rings (SSSR count). The molecule has 0 aliphatic carbocycles. The Labute approximate surface area is 102 Å². The van der Waals surface area contributed by atoms with E-state index in [0.29, 0.717) is 0 Å². The third kappa shape index (κ3) is 13.5. The fourth-order valence-electron chi connectivity index (χ4n) is 1.72. The molecule has 0 amide bonds. The molecule has 16 heavy (non-hydrogen) atoms. The van der Waals surface area contributed by atoms with Gasteiger partial charge in [-0.15, -0.1) is 11.8 Å². The zero-order valence-electron chi connectivity index (χ0n) is 11.3. The second-order valence-corrected chi connectivity index (χ2v) is 4.40. The van der Waals surface area contributed by atoms with Gasteiger partial charge in [0.25, 0.3) is 0 Å². The quantitative estimate of drug-likeness (QED) is 0.410. The van der Waals surface area contributed by atoms with Gasteiger partial charge in [0.1, 0.15) is 0 Å². The Morgan fingerprint density at radius 2 is 1.44 bits per heavy atom. The molecule has 0 aromatic rings. The average Bonchev–Trinajstić information content (AvgIpc) is 2.31. The molecule has 0 bridgehead atoms. The summed E-state index contributed by atoms with van der Waals surface area (Å²) in [6, 6.07) is 0. The zero-order chi connectivity index (χ0) is 11.9. The molecule has 0 heterocycles. The molecular weight excluding hydrogens is 194 g/mol. The summed E-state index contributed by atoms with van der Waals surface area (Å²) in [7, 11) is 0. The summed E-state index contributed by atoms with van der Waals surface area (Å²) in [5.74, 6) is 6.06. The first-order chi connectivity index (χ1) is 7.91. The largest absolute Gasteiger partial charge is 0.317 e. The second kappa shape index (κ2) is 14.5. The normalized spacial score (nSPS) is 9.88. The Kier molecular flexibility index (Phi) is 14.1. The van der Waals surface area contributed by atoms with Crippen molar-refractivity contribution in [2.24, 2.45) is 0 Å². The molecular formula is C15H29N. The highest BCUT2D eigenvalue weighted by Crippen LogP contribution is 2.06. The van der Waals surface area contributed by atoms with Crippen molar-refractivity contribution in [3.63, 3.8) is 0 Å². The Bertz CT molecular complexity index is 176. The molecule has 0 aliphatic heterocycles. The van der Waals surface area contributed by atoms with E-state index in [9.17, 15) is 0 Å². The SMILES string of the molecule is CC#CCCCCCCCCNCCCC. The van der Waals surface area contributed by atoms with Crippen LogP contribution in [0.5, 0.6) is 0 Å². The van der Waals surface area contributed by atoms with E-state index in [2.05, 4.69) is 24.1 Å². The summed E-state index contributed by atoms with van der Waals surface area (Å²) in [6.07, 6.45) is 11.9. The predicted molar refractivity (Wildman–Crippen MR) is 73.5 cm³/mol. The van der Waals surface area contributed by atoms with Gasteiger partial charge in [-0.3, -0.25) is 0 Å². The lowest BCUT2D eigenvalue weighted by molar-refractivity contribution is 0.560. The number of hydrogen-bond donors (Lipinski definition) is 1. The minimum absolute atomic E-state index is 1.09. The van der Waals surface area contributed by atoms with Gasteiger partial charge in [-0.25, -0.2) is 0 Å². The molecule has 0 atom stereocenters. The van der Waals surface area contributed by atoms with Crippen molar-refractivity contribution in [3.05, 3.63) is 0 Å². The average molecular weight is 223 g/mol. The molecule has 1 nitrogen and oxygen atoms in total. The highest BCUT2D eigenvalue weighted by molar-refractivity contribution is 4.94. The Morgan fingerprint density at radius 3 is 2.12 bits per heavy atom. The first-order valence-electron chi connectivity index (χ1n) is 7.02. The van der Waals surface area contributed by atoms with Gasteiger partial charge in [-0.2, -0.15) is 0 Å². The molecule has 0 aromatic heterocycles. The van der Waals surface area contributed by atoms with Gasteiger partial charge < -0.3 is 5.32 Å². The summed E-state index contributed by atoms with van der Waals surface area (Å²) < 4.78 is 0. The predicted octanol–water partition coefficient (Wildman–Crippen LogP) is 4.13. The molecule has 0 unspecified atom stereocenters. The number of hydrogen-bond acceptors (Lipinski definition) is 1. The van der Waals surface area contributed by atoms with Crippen LogP contribution in [-0.2, 0) is 0 Å². The Balaban J connectivity index is 2.89. The second-order valence-electron chi connectivity index (χ2n) is 4.40. The van der Waals surface area contributed by atoms with Crippen molar-refractivity contribution in [2.75, 3.05) is 13.1 Å². The van der Waals surface area contributed by atoms with Gasteiger partial charge in [-0.05, 0) is 39.3 Å². The van der Waals surface area contributed by atoms with E-state index in [0.717, 1.165) is 6.42 Å². The zero-order valence-corrected chi connectivity index (χ0v) is 11.3. The minimum Gasteiger partial charge on any atom is -0.317 e. The van der Waals surface area contributed by atoms with Crippen molar-refractivity contribution >= 4 is 0 Å². The lowest BCUT2D eigenvalue weighted by atomic mass is 10.1. The maximum Gasteiger partial charge on any atom is 0.00885 e. The van der Waals surface area contributed by atoms with Crippen LogP contribution in [0.3, 0.4) is 0 Å². The van der Waals surface area contributed by atoms with Crippen molar-refractivity contribution < 1.29 is 0 Å². The minimum atomic E-state index is 1.09. The molecule has 0 fully saturated rings. The third-order valence-electron chi connectivity index (χ3n) is 2.79. The van der Waals surface area contributed by atoms with Crippen LogP contribution in [-0.4, -0.2) is 13.1 Å². The van der Waals surface area contributed by atoms with Crippen LogP contribution < -0.4 is 5.32 Å². The van der Waals surface area contributed by atoms with Crippen molar-refractivity contribution in [3.8, 4) is 11.8 Å². The van der Waals surface area contributed by atoms with Gasteiger partial charge in [0.05, 0.1) is 0 Å². The van der Waals surface area contributed by atoms with Crippen LogP contribution in [0, 0.1) is 11.8 Å². The summed E-state index contributed by atoms with van der Waals surface area (Å²) in [5.41, 5.74) is 0. The van der Waals surface area contributed by atoms with Crippen LogP contribution in [0.15, 0.2) is 0 Å². The lowest BCUT2D eigenvalue weighted by Gasteiger charge is -2.03. The van der Waals surface area contributed by atoms with Gasteiger partial charge in [0.15, 0.2) is 0 Å². The summed E-state index contributed by atoms with van der Waals surface area (Å²) in [4.78, 5) is 0. The summed E-state index contributed by atoms with van der Waals surface area (Å²) >= 11 is 0. The van der Waals surface area contributed by atoms with E-state index in [1.807, 2.05) is 6.92 Å². The molecule has 0 saturated heterocycles.